The van der Waals surface area contributed by atoms with Crippen molar-refractivity contribution in [2.45, 2.75) is 89.6 Å². The zero-order valence-corrected chi connectivity index (χ0v) is 43.7. The molecule has 72 heavy (non-hydrogen) atoms. The van der Waals surface area contributed by atoms with Crippen molar-refractivity contribution < 1.29 is 42.4 Å². The fraction of sp³-hybridized carbons (Fsp3) is 0.404. The molecule has 0 bridgehead atoms. The number of carbonyl (C=O) groups is 3. The summed E-state index contributed by atoms with van der Waals surface area (Å²) in [5, 5.41) is 15.1. The van der Waals surface area contributed by atoms with Gasteiger partial charge in [0, 0.05) is 44.6 Å². The highest BCUT2D eigenvalue weighted by Gasteiger charge is 2.38. The van der Waals surface area contributed by atoms with E-state index in [0.29, 0.717) is 39.1 Å². The maximum atomic E-state index is 14.3. The van der Waals surface area contributed by atoms with Gasteiger partial charge in [0.25, 0.3) is 8.53 Å². The van der Waals surface area contributed by atoms with E-state index in [1.165, 1.54) is 7.11 Å². The lowest BCUT2D eigenvalue weighted by molar-refractivity contribution is -0.145. The molecule has 0 radical (unpaired) electrons. The third-order valence-corrected chi connectivity index (χ3v) is 14.1. The summed E-state index contributed by atoms with van der Waals surface area (Å²) in [7, 11) is 3.10. The fourth-order valence-corrected chi connectivity index (χ4v) is 10.2. The van der Waals surface area contributed by atoms with Crippen LogP contribution in [0.25, 0.3) is 0 Å². The number of nitriles is 1. The number of carbonyl (C=O) groups excluding carboxylic acids is 3. The first-order valence-electron chi connectivity index (χ1n) is 24.6. The topological polar surface area (TPSA) is 161 Å². The van der Waals surface area contributed by atoms with Crippen molar-refractivity contribution >= 4 is 26.3 Å². The summed E-state index contributed by atoms with van der Waals surface area (Å²) in [4.78, 5) is 43.6. The van der Waals surface area contributed by atoms with Gasteiger partial charge in [0.2, 0.25) is 11.8 Å². The van der Waals surface area contributed by atoms with Crippen molar-refractivity contribution in [3.05, 3.63) is 167 Å². The molecule has 2 amide bonds. The summed E-state index contributed by atoms with van der Waals surface area (Å²) in [5.74, 6) is -0.0317. The Morgan fingerprint density at radius 1 is 0.611 bits per heavy atom. The van der Waals surface area contributed by atoms with Crippen LogP contribution in [0.4, 0.5) is 0 Å². The molecule has 384 valence electrons. The maximum Gasteiger partial charge on any atom is 0.328 e. The molecule has 0 fully saturated rings. The minimum atomic E-state index is -1.46. The highest BCUT2D eigenvalue weighted by Crippen LogP contribution is 2.46. The molecular weight excluding hydrogens is 930 g/mol. The second kappa shape index (κ2) is 30.0. The van der Waals surface area contributed by atoms with E-state index in [9.17, 15) is 19.6 Å². The predicted octanol–water partition coefficient (Wildman–Crippen LogP) is 9.02. The summed E-state index contributed by atoms with van der Waals surface area (Å²) in [5.41, 5.74) is 3.39. The Morgan fingerprint density at radius 3 is 1.57 bits per heavy atom. The summed E-state index contributed by atoms with van der Waals surface area (Å²) in [6.45, 7) is 10.1. The van der Waals surface area contributed by atoms with Crippen molar-refractivity contribution in [3.63, 3.8) is 0 Å². The zero-order chi connectivity index (χ0) is 51.7. The van der Waals surface area contributed by atoms with Crippen molar-refractivity contribution in [2.24, 2.45) is 0 Å². The molecule has 14 nitrogen and oxygen atoms in total. The number of hydrogen-bond donors (Lipinski definition) is 2. The van der Waals surface area contributed by atoms with Crippen LogP contribution in [0.1, 0.15) is 74.8 Å². The quantitative estimate of drug-likeness (QED) is 0.0188. The first kappa shape index (κ1) is 56.7. The maximum absolute atomic E-state index is 14.3. The van der Waals surface area contributed by atoms with E-state index in [4.69, 9.17) is 28.0 Å². The van der Waals surface area contributed by atoms with Gasteiger partial charge in [-0.05, 0) is 92.6 Å². The number of rotatable bonds is 31. The van der Waals surface area contributed by atoms with Gasteiger partial charge in [0.05, 0.1) is 53.6 Å². The highest BCUT2D eigenvalue weighted by molar-refractivity contribution is 7.44. The molecule has 0 saturated heterocycles. The number of nitrogens with one attached hydrogen (secondary N) is 2. The Hall–Kier alpha value is -6.17. The van der Waals surface area contributed by atoms with Gasteiger partial charge in [0.15, 0.2) is 0 Å². The van der Waals surface area contributed by atoms with Gasteiger partial charge < -0.3 is 38.6 Å². The van der Waals surface area contributed by atoms with Crippen LogP contribution in [0.5, 0.6) is 11.5 Å². The molecule has 0 aliphatic rings. The van der Waals surface area contributed by atoms with Gasteiger partial charge in [-0.25, -0.2) is 9.46 Å². The van der Waals surface area contributed by atoms with Gasteiger partial charge in [-0.2, -0.15) is 5.26 Å². The van der Waals surface area contributed by atoms with Crippen molar-refractivity contribution in [3.8, 4) is 17.6 Å². The predicted molar refractivity (Wildman–Crippen MR) is 281 cm³/mol. The highest BCUT2D eigenvalue weighted by atomic mass is 31.2. The third-order valence-electron chi connectivity index (χ3n) is 12.0. The van der Waals surface area contributed by atoms with Crippen LogP contribution in [-0.2, 0) is 51.3 Å². The number of amides is 2. The molecule has 2 N–H and O–H groups in total. The summed E-state index contributed by atoms with van der Waals surface area (Å²) in [6, 6.07) is 45.1. The minimum Gasteiger partial charge on any atom is -0.497 e. The molecule has 0 heterocycles. The van der Waals surface area contributed by atoms with Crippen molar-refractivity contribution in [1.82, 2.24) is 20.2 Å². The Labute approximate surface area is 427 Å². The SMILES string of the molecule is COC(=O)C(Cc1ccccc1)NC(=O)C(Cc1ccccc1)NC(=O)CN(CCCOP(OCCC#N)N(C(C)C)C(C)C)CCCOC(c1ccccc1)(c1ccc(OC)cc1)c1ccc(OC)cc1. The lowest BCUT2D eigenvalue weighted by Crippen LogP contribution is -2.54. The molecule has 5 aromatic rings. The Morgan fingerprint density at radius 2 is 1.08 bits per heavy atom. The largest absolute Gasteiger partial charge is 0.497 e. The second-order valence-corrected chi connectivity index (χ2v) is 19.3. The molecule has 0 aliphatic heterocycles. The van der Waals surface area contributed by atoms with Gasteiger partial charge in [-0.1, -0.05) is 115 Å². The Bertz CT molecular complexity index is 2350. The Balaban J connectivity index is 1.40. The van der Waals surface area contributed by atoms with E-state index in [1.54, 1.807) is 14.2 Å². The third kappa shape index (κ3) is 17.0. The molecule has 3 unspecified atom stereocenters. The molecule has 0 saturated carbocycles. The van der Waals surface area contributed by atoms with Crippen LogP contribution in [0.3, 0.4) is 0 Å². The van der Waals surface area contributed by atoms with Gasteiger partial charge >= 0.3 is 5.97 Å². The Kier molecular flexibility index (Phi) is 23.6. The first-order valence-corrected chi connectivity index (χ1v) is 25.7. The minimum absolute atomic E-state index is 0.0403. The molecule has 15 heteroatoms. The molecule has 3 atom stereocenters. The van der Waals surface area contributed by atoms with Crippen molar-refractivity contribution in [2.75, 3.05) is 60.8 Å². The fourth-order valence-electron chi connectivity index (χ4n) is 8.56. The smallest absolute Gasteiger partial charge is 0.328 e. The number of hydrogen-bond acceptors (Lipinski definition) is 12. The van der Waals surface area contributed by atoms with Crippen LogP contribution in [0.2, 0.25) is 0 Å². The van der Waals surface area contributed by atoms with E-state index >= 15 is 0 Å². The number of esters is 1. The van der Waals surface area contributed by atoms with Gasteiger partial charge in [-0.15, -0.1) is 0 Å². The average molecular weight is 1000 g/mol. The van der Waals surface area contributed by atoms with Crippen LogP contribution in [0.15, 0.2) is 140 Å². The lowest BCUT2D eigenvalue weighted by Gasteiger charge is -2.36. The molecule has 0 aliphatic carbocycles. The zero-order valence-electron chi connectivity index (χ0n) is 42.8. The van der Waals surface area contributed by atoms with Gasteiger partial charge in [0.1, 0.15) is 29.2 Å². The average Bonchev–Trinajstić information content (AvgIpc) is 3.39. The summed E-state index contributed by atoms with van der Waals surface area (Å²) in [6.07, 6.45) is 1.73. The number of ether oxygens (including phenoxy) is 4. The number of nitrogens with zero attached hydrogens (tertiary/aromatic N) is 3. The molecule has 5 aromatic carbocycles. The second-order valence-electron chi connectivity index (χ2n) is 17.8. The summed E-state index contributed by atoms with van der Waals surface area (Å²) >= 11 is 0. The number of methoxy groups -OCH3 is 3. The van der Waals surface area contributed by atoms with E-state index in [-0.39, 0.29) is 50.4 Å². The van der Waals surface area contributed by atoms with Crippen LogP contribution in [0, 0.1) is 11.3 Å². The molecule has 5 rings (SSSR count). The first-order chi connectivity index (χ1) is 34.9. The molecular formula is C57H72N5O9P. The molecule has 0 aromatic heterocycles. The van der Waals surface area contributed by atoms with E-state index in [2.05, 4.69) is 61.2 Å². The lowest BCUT2D eigenvalue weighted by atomic mass is 9.80. The van der Waals surface area contributed by atoms with E-state index in [1.807, 2.05) is 132 Å². The normalized spacial score (nSPS) is 12.8. The monoisotopic (exact) mass is 1000 g/mol. The van der Waals surface area contributed by atoms with E-state index < -0.39 is 38.1 Å². The number of benzene rings is 5. The van der Waals surface area contributed by atoms with Gasteiger partial charge in [-0.3, -0.25) is 14.5 Å². The summed E-state index contributed by atoms with van der Waals surface area (Å²) < 4.78 is 38.1. The van der Waals surface area contributed by atoms with E-state index in [0.717, 1.165) is 39.3 Å². The van der Waals surface area contributed by atoms with Crippen molar-refractivity contribution in [1.29, 1.82) is 5.26 Å². The van der Waals surface area contributed by atoms with Crippen LogP contribution in [-0.4, -0.2) is 112 Å². The van der Waals surface area contributed by atoms with Crippen LogP contribution >= 0.6 is 8.53 Å². The standard InChI is InChI=1S/C57H72N5O9P/c1-43(2)62(44(3)4)72(70-38-17-34-58)71-39-19-36-61(42-54(63)59-52(40-45-20-11-8-12-21-45)55(64)60-53(56(65)68-7)41-46-22-13-9-14-23-46)35-18-37-69-57(47-24-15-10-16-25-47,48-26-30-50(66-5)31-27-48)49-28-32-51(67-6)33-29-49/h8-16,20-33,43-44,52-53H,17-19,35-42H2,1-7H3,(H,59,63)(H,60,64). The molecule has 0 spiro atoms. The van der Waals surface area contributed by atoms with Crippen LogP contribution < -0.4 is 20.1 Å².